The Labute approximate surface area is 176 Å². The SMILES string of the molecule is CN(C)c1ccc(C2Nc3ccccc3C(c3ccccc3)(c3ccccc3)O2)o1. The zero-order chi connectivity index (χ0) is 20.6. The van der Waals surface area contributed by atoms with Gasteiger partial charge < -0.3 is 19.4 Å². The lowest BCUT2D eigenvalue weighted by Gasteiger charge is -2.43. The molecule has 1 atom stereocenters. The van der Waals surface area contributed by atoms with Gasteiger partial charge in [0.2, 0.25) is 0 Å². The summed E-state index contributed by atoms with van der Waals surface area (Å²) in [4.78, 5) is 1.95. The van der Waals surface area contributed by atoms with Crippen molar-refractivity contribution in [2.24, 2.45) is 0 Å². The van der Waals surface area contributed by atoms with Gasteiger partial charge >= 0.3 is 0 Å². The van der Waals surface area contributed by atoms with Crippen LogP contribution in [0.25, 0.3) is 0 Å². The molecule has 0 radical (unpaired) electrons. The van der Waals surface area contributed by atoms with Gasteiger partial charge in [0.15, 0.2) is 17.9 Å². The van der Waals surface area contributed by atoms with Gasteiger partial charge in [-0.15, -0.1) is 0 Å². The fraction of sp³-hybridized carbons (Fsp3) is 0.154. The van der Waals surface area contributed by atoms with E-state index in [9.17, 15) is 0 Å². The van der Waals surface area contributed by atoms with Crippen LogP contribution >= 0.6 is 0 Å². The molecule has 30 heavy (non-hydrogen) atoms. The van der Waals surface area contributed by atoms with Crippen molar-refractivity contribution in [1.29, 1.82) is 0 Å². The first-order chi connectivity index (χ1) is 14.7. The molecule has 5 rings (SSSR count). The second-order valence-electron chi connectivity index (χ2n) is 7.67. The summed E-state index contributed by atoms with van der Waals surface area (Å²) < 4.78 is 13.0. The molecule has 4 aromatic rings. The predicted octanol–water partition coefficient (Wildman–Crippen LogP) is 5.78. The maximum Gasteiger partial charge on any atom is 0.195 e. The molecule has 4 nitrogen and oxygen atoms in total. The summed E-state index contributed by atoms with van der Waals surface area (Å²) in [6, 6.07) is 33.1. The average molecular weight is 396 g/mol. The van der Waals surface area contributed by atoms with Crippen molar-refractivity contribution < 1.29 is 9.15 Å². The first-order valence-corrected chi connectivity index (χ1v) is 10.1. The molecule has 1 aromatic heterocycles. The van der Waals surface area contributed by atoms with E-state index in [1.54, 1.807) is 0 Å². The van der Waals surface area contributed by atoms with E-state index in [0.29, 0.717) is 0 Å². The van der Waals surface area contributed by atoms with Crippen molar-refractivity contribution in [2.75, 3.05) is 24.3 Å². The number of ether oxygens (including phenoxy) is 1. The lowest BCUT2D eigenvalue weighted by Crippen LogP contribution is -2.40. The Morgan fingerprint density at radius 3 is 1.93 bits per heavy atom. The highest BCUT2D eigenvalue weighted by Crippen LogP contribution is 2.50. The number of nitrogens with zero attached hydrogens (tertiary/aromatic N) is 1. The molecule has 0 spiro atoms. The standard InChI is InChI=1S/C26H24N2O2/c1-28(2)24-18-17-23(29-24)25-27-22-16-10-9-15-21(22)26(30-25,19-11-5-3-6-12-19)20-13-7-4-8-14-20/h3-18,25,27H,1-2H3. The highest BCUT2D eigenvalue weighted by molar-refractivity contribution is 5.63. The molecule has 0 saturated heterocycles. The van der Waals surface area contributed by atoms with Gasteiger partial charge in [0.05, 0.1) is 0 Å². The Morgan fingerprint density at radius 1 is 0.733 bits per heavy atom. The van der Waals surface area contributed by atoms with Gasteiger partial charge in [-0.3, -0.25) is 0 Å². The number of benzene rings is 3. The smallest absolute Gasteiger partial charge is 0.195 e. The van der Waals surface area contributed by atoms with Crippen LogP contribution in [0, 0.1) is 0 Å². The molecule has 3 aromatic carbocycles. The summed E-state index contributed by atoms with van der Waals surface area (Å²) >= 11 is 0. The van der Waals surface area contributed by atoms with E-state index in [-0.39, 0.29) is 0 Å². The lowest BCUT2D eigenvalue weighted by molar-refractivity contribution is -0.0518. The quantitative estimate of drug-likeness (QED) is 0.475. The average Bonchev–Trinajstić information content (AvgIpc) is 3.30. The second kappa shape index (κ2) is 7.39. The number of furan rings is 1. The van der Waals surface area contributed by atoms with Crippen LogP contribution in [-0.4, -0.2) is 14.1 Å². The molecule has 1 aliphatic rings. The third kappa shape index (κ3) is 2.97. The molecule has 0 fully saturated rings. The van der Waals surface area contributed by atoms with Gasteiger partial charge in [-0.1, -0.05) is 78.9 Å². The molecule has 2 heterocycles. The molecule has 4 heteroatoms. The molecule has 0 bridgehead atoms. The summed E-state index contributed by atoms with van der Waals surface area (Å²) in [5.41, 5.74) is 3.51. The Bertz CT molecular complexity index is 1100. The number of hydrogen-bond acceptors (Lipinski definition) is 4. The Morgan fingerprint density at radius 2 is 1.33 bits per heavy atom. The Balaban J connectivity index is 1.73. The number of anilines is 2. The minimum absolute atomic E-state index is 0.436. The van der Waals surface area contributed by atoms with E-state index >= 15 is 0 Å². The topological polar surface area (TPSA) is 37.6 Å². The summed E-state index contributed by atoms with van der Waals surface area (Å²) in [7, 11) is 3.93. The molecule has 0 saturated carbocycles. The van der Waals surface area contributed by atoms with Gasteiger partial charge in [0.25, 0.3) is 0 Å². The monoisotopic (exact) mass is 396 g/mol. The predicted molar refractivity (Wildman–Crippen MR) is 120 cm³/mol. The molecule has 150 valence electrons. The highest BCUT2D eigenvalue weighted by atomic mass is 16.5. The van der Waals surface area contributed by atoms with Crippen LogP contribution in [0.5, 0.6) is 0 Å². The van der Waals surface area contributed by atoms with Crippen LogP contribution in [-0.2, 0) is 10.3 Å². The zero-order valence-corrected chi connectivity index (χ0v) is 17.1. The van der Waals surface area contributed by atoms with Crippen LogP contribution in [0.3, 0.4) is 0 Å². The van der Waals surface area contributed by atoms with Crippen LogP contribution in [0.15, 0.2) is 101 Å². The Hall–Kier alpha value is -3.50. The van der Waals surface area contributed by atoms with Gasteiger partial charge in [-0.2, -0.15) is 0 Å². The van der Waals surface area contributed by atoms with Gasteiger partial charge in [0.1, 0.15) is 5.60 Å². The third-order valence-electron chi connectivity index (χ3n) is 5.56. The van der Waals surface area contributed by atoms with E-state index in [0.717, 1.165) is 34.0 Å². The first kappa shape index (κ1) is 18.5. The zero-order valence-electron chi connectivity index (χ0n) is 17.1. The van der Waals surface area contributed by atoms with Crippen molar-refractivity contribution in [2.45, 2.75) is 11.8 Å². The second-order valence-corrected chi connectivity index (χ2v) is 7.67. The minimum Gasteiger partial charge on any atom is -0.441 e. The fourth-order valence-electron chi connectivity index (χ4n) is 4.14. The van der Waals surface area contributed by atoms with Crippen LogP contribution < -0.4 is 10.2 Å². The van der Waals surface area contributed by atoms with E-state index in [4.69, 9.17) is 9.15 Å². The van der Waals surface area contributed by atoms with Crippen molar-refractivity contribution >= 4 is 11.6 Å². The fourth-order valence-corrected chi connectivity index (χ4v) is 4.14. The van der Waals surface area contributed by atoms with Crippen molar-refractivity contribution in [3.05, 3.63) is 120 Å². The maximum atomic E-state index is 6.93. The van der Waals surface area contributed by atoms with Gasteiger partial charge in [0, 0.05) is 31.4 Å². The molecular formula is C26H24N2O2. The van der Waals surface area contributed by atoms with Crippen LogP contribution in [0.2, 0.25) is 0 Å². The van der Waals surface area contributed by atoms with Gasteiger partial charge in [-0.05, 0) is 23.3 Å². The number of nitrogens with one attached hydrogen (secondary N) is 1. The van der Waals surface area contributed by atoms with Crippen molar-refractivity contribution in [1.82, 2.24) is 0 Å². The normalized spacial score (nSPS) is 17.1. The van der Waals surface area contributed by atoms with E-state index in [2.05, 4.69) is 72.0 Å². The third-order valence-corrected chi connectivity index (χ3v) is 5.56. The molecule has 1 N–H and O–H groups in total. The largest absolute Gasteiger partial charge is 0.441 e. The first-order valence-electron chi connectivity index (χ1n) is 10.1. The minimum atomic E-state index is -0.764. The highest BCUT2D eigenvalue weighted by Gasteiger charge is 2.45. The number of para-hydroxylation sites is 1. The number of fused-ring (bicyclic) bond motifs is 1. The summed E-state index contributed by atoms with van der Waals surface area (Å²) in [6.45, 7) is 0. The van der Waals surface area contributed by atoms with Crippen LogP contribution in [0.4, 0.5) is 11.6 Å². The molecule has 1 unspecified atom stereocenters. The molecule has 1 aliphatic heterocycles. The van der Waals surface area contributed by atoms with E-state index in [1.807, 2.05) is 49.3 Å². The summed E-state index contributed by atoms with van der Waals surface area (Å²) in [6.07, 6.45) is -0.436. The van der Waals surface area contributed by atoms with Gasteiger partial charge in [-0.25, -0.2) is 0 Å². The maximum absolute atomic E-state index is 6.93. The summed E-state index contributed by atoms with van der Waals surface area (Å²) in [5, 5.41) is 3.53. The molecule has 0 aliphatic carbocycles. The van der Waals surface area contributed by atoms with Crippen LogP contribution in [0.1, 0.15) is 28.7 Å². The Kier molecular flexibility index (Phi) is 4.57. The van der Waals surface area contributed by atoms with Crippen molar-refractivity contribution in [3.63, 3.8) is 0 Å². The van der Waals surface area contributed by atoms with E-state index in [1.165, 1.54) is 0 Å². The van der Waals surface area contributed by atoms with Crippen molar-refractivity contribution in [3.8, 4) is 0 Å². The van der Waals surface area contributed by atoms with E-state index < -0.39 is 11.8 Å². The number of rotatable bonds is 4. The molecular weight excluding hydrogens is 372 g/mol. The molecule has 0 amide bonds. The summed E-state index contributed by atoms with van der Waals surface area (Å²) in [5.74, 6) is 1.53. The number of hydrogen-bond donors (Lipinski definition) is 1. The lowest BCUT2D eigenvalue weighted by atomic mass is 9.78.